The monoisotopic (exact) mass is 415 g/mol. The Morgan fingerprint density at radius 1 is 1.21 bits per heavy atom. The summed E-state index contributed by atoms with van der Waals surface area (Å²) in [7, 11) is 0. The number of fused-ring (bicyclic) bond motifs is 1. The van der Waals surface area contributed by atoms with E-state index in [0.29, 0.717) is 5.56 Å². The number of alkyl halides is 3. The second-order valence-electron chi connectivity index (χ2n) is 5.77. The molecule has 0 bridgehead atoms. The first-order chi connectivity index (χ1) is 13.1. The van der Waals surface area contributed by atoms with Gasteiger partial charge in [0.1, 0.15) is 17.4 Å². The van der Waals surface area contributed by atoms with Gasteiger partial charge in [-0.25, -0.2) is 9.48 Å². The van der Waals surface area contributed by atoms with Crippen molar-refractivity contribution in [2.75, 3.05) is 0 Å². The third-order valence-electron chi connectivity index (χ3n) is 3.69. The van der Waals surface area contributed by atoms with Crippen LogP contribution in [0.2, 0.25) is 5.15 Å². The normalized spacial score (nSPS) is 12.8. The molecular weight excluding hydrogens is 403 g/mol. The van der Waals surface area contributed by atoms with E-state index in [1.807, 2.05) is 0 Å². The maximum atomic E-state index is 12.2. The van der Waals surface area contributed by atoms with Crippen LogP contribution in [-0.2, 0) is 11.3 Å². The number of halogens is 4. The van der Waals surface area contributed by atoms with E-state index < -0.39 is 24.0 Å². The van der Waals surface area contributed by atoms with E-state index >= 15 is 0 Å². The number of amides is 1. The molecule has 0 fully saturated rings. The lowest BCUT2D eigenvalue weighted by molar-refractivity contribution is -0.274. The molecular formula is C16H13ClF3N5O3. The average Bonchev–Trinajstić information content (AvgIpc) is 2.89. The summed E-state index contributed by atoms with van der Waals surface area (Å²) < 4.78 is 42.3. The lowest BCUT2D eigenvalue weighted by atomic mass is 10.1. The lowest BCUT2D eigenvalue weighted by Crippen LogP contribution is -2.34. The first kappa shape index (κ1) is 19.7. The minimum atomic E-state index is -4.78. The van der Waals surface area contributed by atoms with Crippen LogP contribution in [0.1, 0.15) is 18.5 Å². The summed E-state index contributed by atoms with van der Waals surface area (Å²) in [5, 5.41) is 10.5. The zero-order valence-electron chi connectivity index (χ0n) is 14.3. The van der Waals surface area contributed by atoms with Gasteiger partial charge in [-0.15, -0.1) is 23.4 Å². The molecule has 0 aliphatic rings. The van der Waals surface area contributed by atoms with E-state index in [1.54, 1.807) is 6.92 Å². The third kappa shape index (κ3) is 4.60. The lowest BCUT2D eigenvalue weighted by Gasteiger charge is -2.15. The number of aromatic nitrogens is 4. The SMILES string of the molecule is C[C@H](NC(=O)Cn1nc2ccc(Cl)nn2c1=O)c1ccc(OC(F)(F)F)cc1. The molecule has 0 radical (unpaired) electrons. The predicted molar refractivity (Wildman–Crippen MR) is 91.9 cm³/mol. The molecule has 1 aromatic carbocycles. The molecule has 3 aromatic rings. The molecule has 2 aromatic heterocycles. The maximum Gasteiger partial charge on any atom is 0.573 e. The van der Waals surface area contributed by atoms with Crippen LogP contribution < -0.4 is 15.7 Å². The van der Waals surface area contributed by atoms with Gasteiger partial charge in [0.15, 0.2) is 5.65 Å². The molecule has 0 aliphatic heterocycles. The van der Waals surface area contributed by atoms with Gasteiger partial charge < -0.3 is 10.1 Å². The predicted octanol–water partition coefficient (Wildman–Crippen LogP) is 2.32. The van der Waals surface area contributed by atoms with Crippen molar-refractivity contribution in [2.24, 2.45) is 0 Å². The molecule has 3 rings (SSSR count). The Bertz CT molecular complexity index is 1060. The molecule has 8 nitrogen and oxygen atoms in total. The van der Waals surface area contributed by atoms with E-state index in [9.17, 15) is 22.8 Å². The van der Waals surface area contributed by atoms with Crippen LogP contribution in [0.15, 0.2) is 41.2 Å². The fourth-order valence-corrected chi connectivity index (χ4v) is 2.59. The van der Waals surface area contributed by atoms with Gasteiger partial charge in [-0.2, -0.15) is 4.52 Å². The highest BCUT2D eigenvalue weighted by molar-refractivity contribution is 6.29. The molecule has 148 valence electrons. The molecule has 0 unspecified atom stereocenters. The van der Waals surface area contributed by atoms with Gasteiger partial charge in [0.2, 0.25) is 5.91 Å². The highest BCUT2D eigenvalue weighted by Gasteiger charge is 2.31. The van der Waals surface area contributed by atoms with Crippen LogP contribution in [0.4, 0.5) is 13.2 Å². The van der Waals surface area contributed by atoms with E-state index in [4.69, 9.17) is 11.6 Å². The van der Waals surface area contributed by atoms with Crippen LogP contribution >= 0.6 is 11.6 Å². The number of rotatable bonds is 5. The Labute approximate surface area is 160 Å². The van der Waals surface area contributed by atoms with Crippen molar-refractivity contribution in [2.45, 2.75) is 25.9 Å². The van der Waals surface area contributed by atoms with Gasteiger partial charge in [0.05, 0.1) is 6.04 Å². The van der Waals surface area contributed by atoms with Gasteiger partial charge in [0.25, 0.3) is 0 Å². The Kier molecular flexibility index (Phi) is 5.27. The van der Waals surface area contributed by atoms with E-state index in [1.165, 1.54) is 24.3 Å². The van der Waals surface area contributed by atoms with Crippen LogP contribution in [0.3, 0.4) is 0 Å². The van der Waals surface area contributed by atoms with Crippen molar-refractivity contribution < 1.29 is 22.7 Å². The quantitative estimate of drug-likeness (QED) is 0.690. The van der Waals surface area contributed by atoms with Crippen molar-refractivity contribution in [3.8, 4) is 5.75 Å². The van der Waals surface area contributed by atoms with Gasteiger partial charge in [-0.05, 0) is 36.8 Å². The minimum absolute atomic E-state index is 0.102. The molecule has 0 saturated heterocycles. The van der Waals surface area contributed by atoms with Crippen molar-refractivity contribution >= 4 is 23.2 Å². The molecule has 0 spiro atoms. The fourth-order valence-electron chi connectivity index (χ4n) is 2.45. The topological polar surface area (TPSA) is 90.5 Å². The molecule has 28 heavy (non-hydrogen) atoms. The van der Waals surface area contributed by atoms with Gasteiger partial charge in [-0.1, -0.05) is 23.7 Å². The summed E-state index contributed by atoms with van der Waals surface area (Å²) in [6, 6.07) is 7.51. The molecule has 0 saturated carbocycles. The zero-order valence-corrected chi connectivity index (χ0v) is 15.0. The van der Waals surface area contributed by atoms with Crippen LogP contribution in [0.5, 0.6) is 5.75 Å². The Balaban J connectivity index is 1.66. The number of ether oxygens (including phenoxy) is 1. The summed E-state index contributed by atoms with van der Waals surface area (Å²) in [5.41, 5.74) is 0.156. The van der Waals surface area contributed by atoms with Crippen molar-refractivity contribution in [1.29, 1.82) is 0 Å². The Hall–Kier alpha value is -3.08. The molecule has 1 amide bonds. The number of carbonyl (C=O) groups is 1. The van der Waals surface area contributed by atoms with Crippen molar-refractivity contribution in [3.63, 3.8) is 0 Å². The summed E-state index contributed by atoms with van der Waals surface area (Å²) >= 11 is 5.73. The van der Waals surface area contributed by atoms with E-state index in [0.717, 1.165) is 21.3 Å². The summed E-state index contributed by atoms with van der Waals surface area (Å²) in [4.78, 5) is 24.4. The first-order valence-corrected chi connectivity index (χ1v) is 8.27. The first-order valence-electron chi connectivity index (χ1n) is 7.90. The third-order valence-corrected chi connectivity index (χ3v) is 3.89. The van der Waals surface area contributed by atoms with Crippen molar-refractivity contribution in [3.05, 3.63) is 57.6 Å². The highest BCUT2D eigenvalue weighted by Crippen LogP contribution is 2.24. The van der Waals surface area contributed by atoms with Crippen LogP contribution in [0.25, 0.3) is 5.65 Å². The minimum Gasteiger partial charge on any atom is -0.406 e. The van der Waals surface area contributed by atoms with E-state index in [-0.39, 0.29) is 23.1 Å². The highest BCUT2D eigenvalue weighted by atomic mass is 35.5. The largest absolute Gasteiger partial charge is 0.573 e. The molecule has 2 heterocycles. The summed E-state index contributed by atoms with van der Waals surface area (Å²) in [6.45, 7) is 1.28. The summed E-state index contributed by atoms with van der Waals surface area (Å²) in [6.07, 6.45) is -4.78. The fraction of sp³-hybridized carbons (Fsp3) is 0.250. The molecule has 0 aliphatic carbocycles. The summed E-state index contributed by atoms with van der Waals surface area (Å²) in [5.74, 6) is -0.878. The van der Waals surface area contributed by atoms with Crippen LogP contribution in [-0.4, -0.2) is 31.7 Å². The van der Waals surface area contributed by atoms with Gasteiger partial charge >= 0.3 is 12.1 Å². The molecule has 12 heteroatoms. The number of hydrogen-bond donors (Lipinski definition) is 1. The maximum absolute atomic E-state index is 12.2. The van der Waals surface area contributed by atoms with Gasteiger partial charge in [0, 0.05) is 0 Å². The Morgan fingerprint density at radius 2 is 1.89 bits per heavy atom. The van der Waals surface area contributed by atoms with Crippen molar-refractivity contribution in [1.82, 2.24) is 24.7 Å². The molecule has 1 atom stereocenters. The van der Waals surface area contributed by atoms with E-state index in [2.05, 4.69) is 20.3 Å². The Morgan fingerprint density at radius 3 is 2.54 bits per heavy atom. The standard InChI is InChI=1S/C16H13ClF3N5O3/c1-9(10-2-4-11(5-3-10)28-16(18,19)20)21-14(26)8-24-15(27)25-13(23-24)7-6-12(17)22-25/h2-7,9H,8H2,1H3,(H,21,26)/t9-/m0/s1. The number of nitrogens with one attached hydrogen (secondary N) is 1. The number of hydrogen-bond acceptors (Lipinski definition) is 5. The number of nitrogens with zero attached hydrogens (tertiary/aromatic N) is 4. The number of carbonyl (C=O) groups excluding carboxylic acids is 1. The smallest absolute Gasteiger partial charge is 0.406 e. The van der Waals surface area contributed by atoms with Gasteiger partial charge in [-0.3, -0.25) is 4.79 Å². The number of benzene rings is 1. The second kappa shape index (κ2) is 7.50. The molecule has 1 N–H and O–H groups in total. The van der Waals surface area contributed by atoms with Crippen LogP contribution in [0, 0.1) is 0 Å². The second-order valence-corrected chi connectivity index (χ2v) is 6.16. The zero-order chi connectivity index (χ0) is 20.5. The average molecular weight is 416 g/mol.